The van der Waals surface area contributed by atoms with E-state index in [2.05, 4.69) is 18.3 Å². The standard InChI is InChI=1S/C20H32N2O3/c1-15(16-9-8-11-18(13-16)24-5)21-14-17-10-6-7-12-22(17)19(23)25-20(2,3)4/h8-9,11,13,15,17,21H,6-7,10,12,14H2,1-5H3/t15-,17?/m1/s1. The summed E-state index contributed by atoms with van der Waals surface area (Å²) in [5, 5.41) is 3.56. The van der Waals surface area contributed by atoms with Crippen LogP contribution in [0.1, 0.15) is 58.6 Å². The molecule has 1 fully saturated rings. The van der Waals surface area contributed by atoms with Crippen LogP contribution in [0.5, 0.6) is 5.75 Å². The fraction of sp³-hybridized carbons (Fsp3) is 0.650. The molecule has 1 saturated heterocycles. The molecule has 5 nitrogen and oxygen atoms in total. The SMILES string of the molecule is COc1cccc([C@@H](C)NCC2CCCCN2C(=O)OC(C)(C)C)c1. The lowest BCUT2D eigenvalue weighted by atomic mass is 10.0. The molecule has 0 spiro atoms. The number of piperidine rings is 1. The maximum atomic E-state index is 12.5. The Hall–Kier alpha value is -1.75. The van der Waals surface area contributed by atoms with Crippen LogP contribution in [0.15, 0.2) is 24.3 Å². The summed E-state index contributed by atoms with van der Waals surface area (Å²) >= 11 is 0. The number of hydrogen-bond donors (Lipinski definition) is 1. The predicted octanol–water partition coefficient (Wildman–Crippen LogP) is 4.14. The summed E-state index contributed by atoms with van der Waals surface area (Å²) in [5.41, 5.74) is 0.722. The van der Waals surface area contributed by atoms with Crippen LogP contribution in [-0.2, 0) is 4.74 Å². The van der Waals surface area contributed by atoms with Crippen LogP contribution >= 0.6 is 0 Å². The Morgan fingerprint density at radius 2 is 2.12 bits per heavy atom. The molecule has 1 amide bonds. The normalized spacial score (nSPS) is 19.4. The second kappa shape index (κ2) is 8.56. The monoisotopic (exact) mass is 348 g/mol. The molecule has 1 N–H and O–H groups in total. The number of rotatable bonds is 5. The van der Waals surface area contributed by atoms with E-state index in [4.69, 9.17) is 9.47 Å². The molecule has 1 aliphatic rings. The van der Waals surface area contributed by atoms with Gasteiger partial charge < -0.3 is 19.7 Å². The predicted molar refractivity (Wildman–Crippen MR) is 100.0 cm³/mol. The van der Waals surface area contributed by atoms with Gasteiger partial charge in [0.2, 0.25) is 0 Å². The second-order valence-electron chi connectivity index (χ2n) is 7.73. The molecule has 2 rings (SSSR count). The number of carbonyl (C=O) groups is 1. The summed E-state index contributed by atoms with van der Waals surface area (Å²) in [6, 6.07) is 8.45. The fourth-order valence-corrected chi connectivity index (χ4v) is 3.12. The summed E-state index contributed by atoms with van der Waals surface area (Å²) in [7, 11) is 1.68. The third kappa shape index (κ3) is 5.92. The summed E-state index contributed by atoms with van der Waals surface area (Å²) in [4.78, 5) is 14.4. The van der Waals surface area contributed by atoms with E-state index in [1.54, 1.807) is 7.11 Å². The molecule has 2 atom stereocenters. The maximum Gasteiger partial charge on any atom is 0.410 e. The zero-order valence-corrected chi connectivity index (χ0v) is 16.2. The highest BCUT2D eigenvalue weighted by atomic mass is 16.6. The van der Waals surface area contributed by atoms with Gasteiger partial charge in [-0.2, -0.15) is 0 Å². The van der Waals surface area contributed by atoms with Crippen molar-refractivity contribution in [2.75, 3.05) is 20.2 Å². The van der Waals surface area contributed by atoms with Gasteiger partial charge in [-0.15, -0.1) is 0 Å². The molecule has 0 aliphatic carbocycles. The summed E-state index contributed by atoms with van der Waals surface area (Å²) in [6.07, 6.45) is 3.00. The van der Waals surface area contributed by atoms with Crippen molar-refractivity contribution in [1.82, 2.24) is 10.2 Å². The lowest BCUT2D eigenvalue weighted by Crippen LogP contribution is -2.50. The van der Waals surface area contributed by atoms with Gasteiger partial charge in [-0.05, 0) is 64.7 Å². The first kappa shape index (κ1) is 19.6. The number of nitrogens with one attached hydrogen (secondary N) is 1. The molecule has 140 valence electrons. The zero-order chi connectivity index (χ0) is 18.4. The Kier molecular flexibility index (Phi) is 6.71. The van der Waals surface area contributed by atoms with Crippen LogP contribution in [0.25, 0.3) is 0 Å². The number of ether oxygens (including phenoxy) is 2. The van der Waals surface area contributed by atoms with E-state index >= 15 is 0 Å². The molecule has 1 aromatic rings. The highest BCUT2D eigenvalue weighted by Crippen LogP contribution is 2.22. The highest BCUT2D eigenvalue weighted by molar-refractivity contribution is 5.68. The van der Waals surface area contributed by atoms with Gasteiger partial charge >= 0.3 is 6.09 Å². The average Bonchev–Trinajstić information content (AvgIpc) is 2.58. The molecular weight excluding hydrogens is 316 g/mol. The fourth-order valence-electron chi connectivity index (χ4n) is 3.12. The number of methoxy groups -OCH3 is 1. The second-order valence-corrected chi connectivity index (χ2v) is 7.73. The number of nitrogens with zero attached hydrogens (tertiary/aromatic N) is 1. The third-order valence-electron chi connectivity index (χ3n) is 4.51. The van der Waals surface area contributed by atoms with Crippen molar-refractivity contribution < 1.29 is 14.3 Å². The molecule has 1 aliphatic heterocycles. The smallest absolute Gasteiger partial charge is 0.410 e. The first-order valence-corrected chi connectivity index (χ1v) is 9.17. The Balaban J connectivity index is 1.95. The van der Waals surface area contributed by atoms with E-state index in [9.17, 15) is 4.79 Å². The topological polar surface area (TPSA) is 50.8 Å². The van der Waals surface area contributed by atoms with E-state index in [0.717, 1.165) is 38.1 Å². The van der Waals surface area contributed by atoms with Crippen molar-refractivity contribution in [3.05, 3.63) is 29.8 Å². The van der Waals surface area contributed by atoms with Gasteiger partial charge in [0.05, 0.1) is 7.11 Å². The molecule has 0 saturated carbocycles. The van der Waals surface area contributed by atoms with Gasteiger partial charge in [-0.25, -0.2) is 4.79 Å². The van der Waals surface area contributed by atoms with E-state index in [0.29, 0.717) is 0 Å². The molecule has 0 radical (unpaired) electrons. The van der Waals surface area contributed by atoms with E-state index in [-0.39, 0.29) is 18.2 Å². The van der Waals surface area contributed by atoms with E-state index in [1.165, 1.54) is 5.56 Å². The van der Waals surface area contributed by atoms with E-state index in [1.807, 2.05) is 43.9 Å². The first-order chi connectivity index (χ1) is 11.8. The summed E-state index contributed by atoms with van der Waals surface area (Å²) < 4.78 is 10.9. The maximum absolute atomic E-state index is 12.5. The minimum Gasteiger partial charge on any atom is -0.497 e. The van der Waals surface area contributed by atoms with Crippen molar-refractivity contribution in [1.29, 1.82) is 0 Å². The molecule has 5 heteroatoms. The molecule has 1 aromatic carbocycles. The minimum absolute atomic E-state index is 0.177. The quantitative estimate of drug-likeness (QED) is 0.869. The average molecular weight is 348 g/mol. The van der Waals surface area contributed by atoms with Crippen molar-refractivity contribution in [2.24, 2.45) is 0 Å². The molecule has 25 heavy (non-hydrogen) atoms. The Labute approximate surface area is 151 Å². The molecule has 1 unspecified atom stereocenters. The van der Waals surface area contributed by atoms with Crippen LogP contribution < -0.4 is 10.1 Å². The number of likely N-dealkylation sites (tertiary alicyclic amines) is 1. The van der Waals surface area contributed by atoms with Gasteiger partial charge in [0.15, 0.2) is 0 Å². The van der Waals surface area contributed by atoms with Crippen molar-refractivity contribution >= 4 is 6.09 Å². The van der Waals surface area contributed by atoms with Crippen LogP contribution in [0.4, 0.5) is 4.79 Å². The minimum atomic E-state index is -0.458. The molecular formula is C20H32N2O3. The molecule has 1 heterocycles. The van der Waals surface area contributed by atoms with Gasteiger partial charge in [0, 0.05) is 25.2 Å². The number of hydrogen-bond acceptors (Lipinski definition) is 4. The first-order valence-electron chi connectivity index (χ1n) is 9.17. The van der Waals surface area contributed by atoms with E-state index < -0.39 is 5.60 Å². The van der Waals surface area contributed by atoms with Crippen molar-refractivity contribution in [3.8, 4) is 5.75 Å². The lowest BCUT2D eigenvalue weighted by Gasteiger charge is -2.37. The van der Waals surface area contributed by atoms with Crippen LogP contribution in [-0.4, -0.2) is 42.8 Å². The van der Waals surface area contributed by atoms with Crippen LogP contribution in [0, 0.1) is 0 Å². The van der Waals surface area contributed by atoms with Crippen molar-refractivity contribution in [2.45, 2.75) is 64.6 Å². The van der Waals surface area contributed by atoms with Gasteiger partial charge in [-0.1, -0.05) is 12.1 Å². The zero-order valence-electron chi connectivity index (χ0n) is 16.2. The van der Waals surface area contributed by atoms with Crippen molar-refractivity contribution in [3.63, 3.8) is 0 Å². The Morgan fingerprint density at radius 1 is 1.36 bits per heavy atom. The number of amides is 1. The van der Waals surface area contributed by atoms with Gasteiger partial charge in [0.25, 0.3) is 0 Å². The molecule has 0 bridgehead atoms. The lowest BCUT2D eigenvalue weighted by molar-refractivity contribution is 0.00970. The number of carbonyl (C=O) groups excluding carboxylic acids is 1. The summed E-state index contributed by atoms with van der Waals surface area (Å²) in [6.45, 7) is 9.40. The van der Waals surface area contributed by atoms with Gasteiger partial charge in [0.1, 0.15) is 11.4 Å². The Bertz CT molecular complexity index is 568. The van der Waals surface area contributed by atoms with Crippen LogP contribution in [0.3, 0.4) is 0 Å². The summed E-state index contributed by atoms with van der Waals surface area (Å²) in [5.74, 6) is 0.860. The largest absolute Gasteiger partial charge is 0.497 e. The molecule has 0 aromatic heterocycles. The number of benzene rings is 1. The Morgan fingerprint density at radius 3 is 2.80 bits per heavy atom. The third-order valence-corrected chi connectivity index (χ3v) is 4.51. The van der Waals surface area contributed by atoms with Crippen LogP contribution in [0.2, 0.25) is 0 Å². The highest BCUT2D eigenvalue weighted by Gasteiger charge is 2.30. The van der Waals surface area contributed by atoms with Gasteiger partial charge in [-0.3, -0.25) is 0 Å².